The standard InChI is InChI=1S/C28H37N5O2.CH4/c1-20-17-32(25(16-29-20)27(35)31-11-7-8-12-31)18-26(34)33-19-28(2,3)23-15-30-22(14-24(23)33)13-21-9-5-4-6-10-21;/h4-6,9-10,14-15,20,25,29H,7-8,11-13,16-19H2,1-3H3;1H4/t20-,25-;/m1./s1. The SMILES string of the molecule is C.C[C@@H]1CN(CC(=O)N2CC(C)(C)c3cnc(Cc4ccccc4)cc32)[C@@H](C(=O)N2CCCC2)CN1. The summed E-state index contributed by atoms with van der Waals surface area (Å²) in [5, 5.41) is 3.45. The van der Waals surface area contributed by atoms with Crippen LogP contribution in [-0.4, -0.2) is 78.0 Å². The van der Waals surface area contributed by atoms with Gasteiger partial charge < -0.3 is 15.1 Å². The number of nitrogens with one attached hydrogen (secondary N) is 1. The van der Waals surface area contributed by atoms with Gasteiger partial charge in [0.2, 0.25) is 11.8 Å². The molecule has 0 bridgehead atoms. The van der Waals surface area contributed by atoms with E-state index in [0.717, 1.165) is 49.3 Å². The van der Waals surface area contributed by atoms with E-state index in [4.69, 9.17) is 4.98 Å². The number of amides is 2. The number of nitrogens with zero attached hydrogens (tertiary/aromatic N) is 4. The summed E-state index contributed by atoms with van der Waals surface area (Å²) in [6.07, 6.45) is 4.83. The van der Waals surface area contributed by atoms with Crippen molar-refractivity contribution in [2.45, 2.75) is 65.0 Å². The minimum absolute atomic E-state index is 0. The van der Waals surface area contributed by atoms with Crippen LogP contribution in [0, 0.1) is 0 Å². The number of rotatable bonds is 5. The Morgan fingerprint density at radius 1 is 1.14 bits per heavy atom. The summed E-state index contributed by atoms with van der Waals surface area (Å²) in [4.78, 5) is 37.7. The number of benzene rings is 1. The second-order valence-corrected chi connectivity index (χ2v) is 11.0. The van der Waals surface area contributed by atoms with Crippen LogP contribution in [0.2, 0.25) is 0 Å². The van der Waals surface area contributed by atoms with Gasteiger partial charge in [-0.3, -0.25) is 19.5 Å². The van der Waals surface area contributed by atoms with E-state index in [2.05, 4.69) is 49.2 Å². The molecule has 0 aliphatic carbocycles. The van der Waals surface area contributed by atoms with Crippen LogP contribution in [0.15, 0.2) is 42.6 Å². The number of hydrogen-bond acceptors (Lipinski definition) is 5. The zero-order chi connectivity index (χ0) is 24.6. The maximum Gasteiger partial charge on any atom is 0.241 e. The Labute approximate surface area is 215 Å². The Morgan fingerprint density at radius 3 is 2.58 bits per heavy atom. The van der Waals surface area contributed by atoms with E-state index in [1.807, 2.05) is 34.2 Å². The Hall–Kier alpha value is -2.77. The van der Waals surface area contributed by atoms with Gasteiger partial charge in [-0.15, -0.1) is 0 Å². The number of carbonyl (C=O) groups is 2. The molecule has 0 saturated carbocycles. The summed E-state index contributed by atoms with van der Waals surface area (Å²) in [5.74, 6) is 0.216. The fraction of sp³-hybridized carbons (Fsp3) is 0.552. The molecular formula is C29H41N5O2. The lowest BCUT2D eigenvalue weighted by atomic mass is 9.88. The third kappa shape index (κ3) is 5.32. The Bertz CT molecular complexity index is 1080. The van der Waals surface area contributed by atoms with Crippen molar-refractivity contribution in [3.05, 3.63) is 59.4 Å². The Kier molecular flexibility index (Phi) is 7.81. The van der Waals surface area contributed by atoms with Crippen LogP contribution >= 0.6 is 0 Å². The van der Waals surface area contributed by atoms with Gasteiger partial charge in [0.15, 0.2) is 0 Å². The zero-order valence-corrected chi connectivity index (χ0v) is 21.2. The predicted octanol–water partition coefficient (Wildman–Crippen LogP) is 3.22. The molecule has 3 aliphatic heterocycles. The molecule has 2 amide bonds. The minimum Gasteiger partial charge on any atom is -0.341 e. The first kappa shape index (κ1) is 26.3. The summed E-state index contributed by atoms with van der Waals surface area (Å²) >= 11 is 0. The molecule has 2 fully saturated rings. The molecule has 7 heteroatoms. The number of piperazine rings is 1. The van der Waals surface area contributed by atoms with Crippen molar-refractivity contribution in [3.8, 4) is 0 Å². The molecule has 5 rings (SSSR count). The van der Waals surface area contributed by atoms with Crippen LogP contribution in [0.25, 0.3) is 0 Å². The lowest BCUT2D eigenvalue weighted by molar-refractivity contribution is -0.137. The van der Waals surface area contributed by atoms with Gasteiger partial charge in [-0.2, -0.15) is 0 Å². The van der Waals surface area contributed by atoms with Crippen LogP contribution in [0.1, 0.15) is 57.9 Å². The van der Waals surface area contributed by atoms with E-state index in [0.29, 0.717) is 19.6 Å². The van der Waals surface area contributed by atoms with Crippen molar-refractivity contribution in [3.63, 3.8) is 0 Å². The molecular weight excluding hydrogens is 450 g/mol. The van der Waals surface area contributed by atoms with Gasteiger partial charge in [0.25, 0.3) is 0 Å². The van der Waals surface area contributed by atoms with Crippen molar-refractivity contribution in [1.29, 1.82) is 0 Å². The largest absolute Gasteiger partial charge is 0.341 e. The van der Waals surface area contributed by atoms with E-state index < -0.39 is 0 Å². The van der Waals surface area contributed by atoms with Crippen molar-refractivity contribution in [2.75, 3.05) is 44.2 Å². The Balaban J connectivity index is 0.00000304. The van der Waals surface area contributed by atoms with Gasteiger partial charge in [0, 0.05) is 68.1 Å². The Morgan fingerprint density at radius 2 is 1.86 bits per heavy atom. The topological polar surface area (TPSA) is 68.8 Å². The molecule has 2 atom stereocenters. The number of carbonyl (C=O) groups excluding carboxylic acids is 2. The van der Waals surface area contributed by atoms with Crippen LogP contribution in [0.3, 0.4) is 0 Å². The molecule has 3 aliphatic rings. The van der Waals surface area contributed by atoms with E-state index in [1.54, 1.807) is 0 Å². The summed E-state index contributed by atoms with van der Waals surface area (Å²) in [5.41, 5.74) is 4.08. The molecule has 2 aromatic rings. The van der Waals surface area contributed by atoms with Crippen LogP contribution < -0.4 is 10.2 Å². The third-order valence-corrected chi connectivity index (χ3v) is 7.69. The molecule has 4 heterocycles. The zero-order valence-electron chi connectivity index (χ0n) is 21.2. The van der Waals surface area contributed by atoms with E-state index in [9.17, 15) is 9.59 Å². The lowest BCUT2D eigenvalue weighted by Crippen LogP contribution is -2.62. The predicted molar refractivity (Wildman–Crippen MR) is 144 cm³/mol. The quantitative estimate of drug-likeness (QED) is 0.696. The highest BCUT2D eigenvalue weighted by atomic mass is 16.2. The van der Waals surface area contributed by atoms with Gasteiger partial charge in [0.1, 0.15) is 6.04 Å². The monoisotopic (exact) mass is 491 g/mol. The van der Waals surface area contributed by atoms with E-state index in [-0.39, 0.29) is 43.3 Å². The van der Waals surface area contributed by atoms with E-state index >= 15 is 0 Å². The fourth-order valence-electron chi connectivity index (χ4n) is 5.73. The normalized spacial score (nSPS) is 23.3. The number of fused-ring (bicyclic) bond motifs is 1. The van der Waals surface area contributed by atoms with E-state index in [1.165, 1.54) is 5.56 Å². The fourth-order valence-corrected chi connectivity index (χ4v) is 5.73. The highest BCUT2D eigenvalue weighted by Crippen LogP contribution is 2.40. The van der Waals surface area contributed by atoms with Crippen molar-refractivity contribution < 1.29 is 9.59 Å². The van der Waals surface area contributed by atoms with Crippen LogP contribution in [0.4, 0.5) is 5.69 Å². The summed E-state index contributed by atoms with van der Waals surface area (Å²) in [6.45, 7) is 10.3. The molecule has 36 heavy (non-hydrogen) atoms. The minimum atomic E-state index is -0.283. The number of likely N-dealkylation sites (tertiary alicyclic amines) is 1. The number of hydrogen-bond donors (Lipinski definition) is 1. The lowest BCUT2D eigenvalue weighted by Gasteiger charge is -2.40. The second-order valence-electron chi connectivity index (χ2n) is 11.0. The number of anilines is 1. The van der Waals surface area contributed by atoms with Crippen molar-refractivity contribution in [1.82, 2.24) is 20.1 Å². The first-order chi connectivity index (χ1) is 16.8. The molecule has 0 unspecified atom stereocenters. The molecule has 1 aromatic carbocycles. The maximum absolute atomic E-state index is 13.7. The summed E-state index contributed by atoms with van der Waals surface area (Å²) in [6, 6.07) is 12.3. The number of aromatic nitrogens is 1. The van der Waals surface area contributed by atoms with Gasteiger partial charge in [-0.05, 0) is 31.4 Å². The van der Waals surface area contributed by atoms with Gasteiger partial charge in [0.05, 0.1) is 12.2 Å². The first-order valence-electron chi connectivity index (χ1n) is 12.9. The molecule has 7 nitrogen and oxygen atoms in total. The maximum atomic E-state index is 13.7. The molecule has 1 N–H and O–H groups in total. The molecule has 2 saturated heterocycles. The smallest absolute Gasteiger partial charge is 0.241 e. The average molecular weight is 492 g/mol. The first-order valence-corrected chi connectivity index (χ1v) is 12.9. The average Bonchev–Trinajstić information content (AvgIpc) is 3.46. The van der Waals surface area contributed by atoms with Crippen LogP contribution in [-0.2, 0) is 21.4 Å². The molecule has 194 valence electrons. The second kappa shape index (κ2) is 10.7. The number of pyridine rings is 1. The summed E-state index contributed by atoms with van der Waals surface area (Å²) in [7, 11) is 0. The van der Waals surface area contributed by atoms with Gasteiger partial charge in [-0.25, -0.2) is 0 Å². The van der Waals surface area contributed by atoms with Gasteiger partial charge in [-0.1, -0.05) is 51.6 Å². The summed E-state index contributed by atoms with van der Waals surface area (Å²) < 4.78 is 0. The highest BCUT2D eigenvalue weighted by molar-refractivity contribution is 5.98. The highest BCUT2D eigenvalue weighted by Gasteiger charge is 2.41. The molecule has 1 aromatic heterocycles. The van der Waals surface area contributed by atoms with Crippen molar-refractivity contribution in [2.24, 2.45) is 0 Å². The molecule has 0 radical (unpaired) electrons. The van der Waals surface area contributed by atoms with Gasteiger partial charge >= 0.3 is 0 Å². The van der Waals surface area contributed by atoms with Crippen molar-refractivity contribution >= 4 is 17.5 Å². The van der Waals surface area contributed by atoms with Crippen LogP contribution in [0.5, 0.6) is 0 Å². The third-order valence-electron chi connectivity index (χ3n) is 7.69. The molecule has 0 spiro atoms.